The number of urea groups is 1. The Kier molecular flexibility index (Phi) is 4.01. The molecule has 1 heterocycles. The van der Waals surface area contributed by atoms with Crippen LogP contribution in [-0.2, 0) is 0 Å². The molecule has 5 nitrogen and oxygen atoms in total. The molecule has 1 saturated carbocycles. The second-order valence-electron chi connectivity index (χ2n) is 5.89. The van der Waals surface area contributed by atoms with Gasteiger partial charge in [-0.25, -0.2) is 4.79 Å². The van der Waals surface area contributed by atoms with Crippen molar-refractivity contribution in [2.24, 2.45) is 0 Å². The molecule has 0 bridgehead atoms. The lowest BCUT2D eigenvalue weighted by molar-refractivity contribution is 0.142. The van der Waals surface area contributed by atoms with Crippen LogP contribution in [0, 0.1) is 6.92 Å². The second-order valence-corrected chi connectivity index (χ2v) is 5.89. The van der Waals surface area contributed by atoms with E-state index in [9.17, 15) is 4.79 Å². The van der Waals surface area contributed by atoms with E-state index in [4.69, 9.17) is 4.74 Å². The third-order valence-electron chi connectivity index (χ3n) is 4.26. The first-order valence-electron chi connectivity index (χ1n) is 7.62. The number of hydrogen-bond acceptors (Lipinski definition) is 3. The highest BCUT2D eigenvalue weighted by Gasteiger charge is 2.32. The Morgan fingerprint density at radius 3 is 2.57 bits per heavy atom. The summed E-state index contributed by atoms with van der Waals surface area (Å²) in [6, 6.07) is 6.55. The number of aryl methyl sites for hydroxylation is 1. The summed E-state index contributed by atoms with van der Waals surface area (Å²) in [5.74, 6) is 0.700. The SMILES string of the molecule is COc1ccc(C)cc1NC(=O)N1CCN(C2CC2)CC1. The fraction of sp³-hybridized carbons (Fsp3) is 0.562. The molecule has 1 aliphatic heterocycles. The summed E-state index contributed by atoms with van der Waals surface area (Å²) in [5, 5.41) is 2.98. The summed E-state index contributed by atoms with van der Waals surface area (Å²) in [7, 11) is 1.62. The van der Waals surface area contributed by atoms with E-state index < -0.39 is 0 Å². The molecule has 1 aromatic rings. The molecule has 3 rings (SSSR count). The maximum atomic E-state index is 12.4. The molecule has 5 heteroatoms. The van der Waals surface area contributed by atoms with Gasteiger partial charge in [0.2, 0.25) is 0 Å². The molecule has 1 aliphatic carbocycles. The monoisotopic (exact) mass is 289 g/mol. The van der Waals surface area contributed by atoms with Crippen LogP contribution in [0.25, 0.3) is 0 Å². The first-order valence-corrected chi connectivity index (χ1v) is 7.62. The average molecular weight is 289 g/mol. The van der Waals surface area contributed by atoms with E-state index in [1.165, 1.54) is 12.8 Å². The molecule has 0 aromatic heterocycles. The minimum Gasteiger partial charge on any atom is -0.495 e. The van der Waals surface area contributed by atoms with Crippen LogP contribution in [0.2, 0.25) is 0 Å². The third-order valence-corrected chi connectivity index (χ3v) is 4.26. The molecular weight excluding hydrogens is 266 g/mol. The number of piperazine rings is 1. The number of ether oxygens (including phenoxy) is 1. The normalized spacial score (nSPS) is 19.4. The highest BCUT2D eigenvalue weighted by molar-refractivity contribution is 5.91. The van der Waals surface area contributed by atoms with E-state index in [0.29, 0.717) is 5.75 Å². The molecule has 1 saturated heterocycles. The fourth-order valence-electron chi connectivity index (χ4n) is 2.84. The van der Waals surface area contributed by atoms with E-state index in [0.717, 1.165) is 43.5 Å². The van der Waals surface area contributed by atoms with E-state index in [2.05, 4.69) is 10.2 Å². The van der Waals surface area contributed by atoms with E-state index >= 15 is 0 Å². The highest BCUT2D eigenvalue weighted by Crippen LogP contribution is 2.28. The van der Waals surface area contributed by atoms with Crippen molar-refractivity contribution in [2.45, 2.75) is 25.8 Å². The van der Waals surface area contributed by atoms with Crippen LogP contribution in [0.1, 0.15) is 18.4 Å². The molecule has 2 aliphatic rings. The van der Waals surface area contributed by atoms with Crippen LogP contribution < -0.4 is 10.1 Å². The molecule has 21 heavy (non-hydrogen) atoms. The highest BCUT2D eigenvalue weighted by atomic mass is 16.5. The number of benzene rings is 1. The summed E-state index contributed by atoms with van der Waals surface area (Å²) in [5.41, 5.74) is 1.84. The lowest BCUT2D eigenvalue weighted by atomic mass is 10.2. The van der Waals surface area contributed by atoms with Crippen molar-refractivity contribution in [3.8, 4) is 5.75 Å². The van der Waals surface area contributed by atoms with Crippen LogP contribution in [0.4, 0.5) is 10.5 Å². The number of nitrogens with one attached hydrogen (secondary N) is 1. The lowest BCUT2D eigenvalue weighted by Crippen LogP contribution is -2.50. The third kappa shape index (κ3) is 3.29. The Balaban J connectivity index is 1.60. The zero-order valence-corrected chi connectivity index (χ0v) is 12.8. The number of hydrogen-bond donors (Lipinski definition) is 1. The predicted octanol–water partition coefficient (Wildman–Crippen LogP) is 2.32. The first-order chi connectivity index (χ1) is 10.2. The smallest absolute Gasteiger partial charge is 0.322 e. The topological polar surface area (TPSA) is 44.8 Å². The number of rotatable bonds is 3. The molecule has 2 amide bonds. The van der Waals surface area contributed by atoms with Gasteiger partial charge in [0, 0.05) is 32.2 Å². The van der Waals surface area contributed by atoms with Crippen molar-refractivity contribution >= 4 is 11.7 Å². The van der Waals surface area contributed by atoms with Crippen molar-refractivity contribution in [3.63, 3.8) is 0 Å². The summed E-state index contributed by atoms with van der Waals surface area (Å²) in [6.07, 6.45) is 2.65. The Labute approximate surface area is 125 Å². The lowest BCUT2D eigenvalue weighted by Gasteiger charge is -2.34. The van der Waals surface area contributed by atoms with Gasteiger partial charge in [-0.2, -0.15) is 0 Å². The van der Waals surface area contributed by atoms with E-state index in [1.807, 2.05) is 30.0 Å². The molecule has 1 aromatic carbocycles. The first kappa shape index (κ1) is 14.2. The fourth-order valence-corrected chi connectivity index (χ4v) is 2.84. The molecule has 0 atom stereocenters. The molecule has 0 unspecified atom stereocenters. The molecule has 114 valence electrons. The number of carbonyl (C=O) groups is 1. The number of amides is 2. The summed E-state index contributed by atoms with van der Waals surface area (Å²) < 4.78 is 5.30. The molecule has 1 N–H and O–H groups in total. The zero-order chi connectivity index (χ0) is 14.8. The van der Waals surface area contributed by atoms with Crippen molar-refractivity contribution < 1.29 is 9.53 Å². The Bertz CT molecular complexity index is 520. The van der Waals surface area contributed by atoms with Gasteiger partial charge in [0.25, 0.3) is 0 Å². The maximum Gasteiger partial charge on any atom is 0.322 e. The van der Waals surface area contributed by atoms with Crippen LogP contribution in [0.3, 0.4) is 0 Å². The van der Waals surface area contributed by atoms with Crippen LogP contribution >= 0.6 is 0 Å². The Hall–Kier alpha value is -1.75. The van der Waals surface area contributed by atoms with Gasteiger partial charge in [-0.3, -0.25) is 4.90 Å². The molecular formula is C16H23N3O2. The predicted molar refractivity (Wildman–Crippen MR) is 82.9 cm³/mol. The van der Waals surface area contributed by atoms with Gasteiger partial charge in [0.15, 0.2) is 0 Å². The quantitative estimate of drug-likeness (QED) is 0.929. The van der Waals surface area contributed by atoms with Crippen LogP contribution in [-0.4, -0.2) is 55.2 Å². The van der Waals surface area contributed by atoms with Crippen molar-refractivity contribution in [3.05, 3.63) is 23.8 Å². The zero-order valence-electron chi connectivity index (χ0n) is 12.8. The average Bonchev–Trinajstić information content (AvgIpc) is 3.32. The van der Waals surface area contributed by atoms with Gasteiger partial charge in [-0.1, -0.05) is 6.07 Å². The van der Waals surface area contributed by atoms with Gasteiger partial charge in [0.05, 0.1) is 12.8 Å². The number of carbonyl (C=O) groups excluding carboxylic acids is 1. The number of anilines is 1. The summed E-state index contributed by atoms with van der Waals surface area (Å²) in [4.78, 5) is 16.8. The largest absolute Gasteiger partial charge is 0.495 e. The second kappa shape index (κ2) is 5.93. The molecule has 2 fully saturated rings. The van der Waals surface area contributed by atoms with Gasteiger partial charge in [-0.15, -0.1) is 0 Å². The van der Waals surface area contributed by atoms with Gasteiger partial charge in [0.1, 0.15) is 5.75 Å². The number of methoxy groups -OCH3 is 1. The van der Waals surface area contributed by atoms with Crippen molar-refractivity contribution in [2.75, 3.05) is 38.6 Å². The van der Waals surface area contributed by atoms with Gasteiger partial charge in [-0.05, 0) is 37.5 Å². The van der Waals surface area contributed by atoms with Crippen molar-refractivity contribution in [1.29, 1.82) is 0 Å². The summed E-state index contributed by atoms with van der Waals surface area (Å²) >= 11 is 0. The van der Waals surface area contributed by atoms with E-state index in [-0.39, 0.29) is 6.03 Å². The minimum absolute atomic E-state index is 0.0330. The van der Waals surface area contributed by atoms with Crippen LogP contribution in [0.15, 0.2) is 18.2 Å². The minimum atomic E-state index is -0.0330. The van der Waals surface area contributed by atoms with Crippen LogP contribution in [0.5, 0.6) is 5.75 Å². The van der Waals surface area contributed by atoms with Gasteiger partial charge < -0.3 is 15.0 Å². The Morgan fingerprint density at radius 1 is 1.24 bits per heavy atom. The van der Waals surface area contributed by atoms with E-state index in [1.54, 1.807) is 7.11 Å². The maximum absolute atomic E-state index is 12.4. The number of nitrogens with zero attached hydrogens (tertiary/aromatic N) is 2. The Morgan fingerprint density at radius 2 is 1.95 bits per heavy atom. The van der Waals surface area contributed by atoms with Gasteiger partial charge >= 0.3 is 6.03 Å². The summed E-state index contributed by atoms with van der Waals surface area (Å²) in [6.45, 7) is 5.59. The standard InChI is InChI=1S/C16H23N3O2/c1-12-3-6-15(21-2)14(11-12)17-16(20)19-9-7-18(8-10-19)13-4-5-13/h3,6,11,13H,4-5,7-10H2,1-2H3,(H,17,20). The van der Waals surface area contributed by atoms with Crippen molar-refractivity contribution in [1.82, 2.24) is 9.80 Å². The molecule has 0 spiro atoms. The molecule has 0 radical (unpaired) electrons.